The van der Waals surface area contributed by atoms with E-state index >= 15 is 0 Å². The third kappa shape index (κ3) is 4.22. The number of piperidine rings is 1. The molecule has 1 fully saturated rings. The number of hydrogen-bond acceptors (Lipinski definition) is 3. The summed E-state index contributed by atoms with van der Waals surface area (Å²) < 4.78 is 5.43. The van der Waals surface area contributed by atoms with Crippen molar-refractivity contribution >= 4 is 0 Å². The summed E-state index contributed by atoms with van der Waals surface area (Å²) in [6.45, 7) is 8.17. The van der Waals surface area contributed by atoms with Crippen LogP contribution < -0.4 is 10.1 Å². The SMILES string of the molecule is CCN1CCC(NC(C)Cc2ccccc2OC)CC1. The standard InChI is InChI=1S/C17H28N2O/c1-4-19-11-9-16(10-12-19)18-14(2)13-15-7-5-6-8-17(15)20-3/h5-8,14,16,18H,4,9-13H2,1-3H3. The molecule has 1 N–H and O–H groups in total. The molecule has 0 aromatic heterocycles. The molecule has 0 amide bonds. The summed E-state index contributed by atoms with van der Waals surface area (Å²) in [5, 5.41) is 3.78. The zero-order valence-corrected chi connectivity index (χ0v) is 13.1. The average molecular weight is 276 g/mol. The lowest BCUT2D eigenvalue weighted by Crippen LogP contribution is -2.45. The van der Waals surface area contributed by atoms with Crippen molar-refractivity contribution in [2.24, 2.45) is 0 Å². The van der Waals surface area contributed by atoms with Crippen LogP contribution in [0.25, 0.3) is 0 Å². The minimum Gasteiger partial charge on any atom is -0.496 e. The minimum absolute atomic E-state index is 0.490. The van der Waals surface area contributed by atoms with Crippen LogP contribution in [0.4, 0.5) is 0 Å². The molecule has 0 bridgehead atoms. The van der Waals surface area contributed by atoms with Crippen LogP contribution in [0.3, 0.4) is 0 Å². The van der Waals surface area contributed by atoms with Crippen molar-refractivity contribution in [1.29, 1.82) is 0 Å². The number of hydrogen-bond donors (Lipinski definition) is 1. The van der Waals surface area contributed by atoms with E-state index in [-0.39, 0.29) is 0 Å². The van der Waals surface area contributed by atoms with Gasteiger partial charge in [0.2, 0.25) is 0 Å². The highest BCUT2D eigenvalue weighted by molar-refractivity contribution is 5.33. The maximum atomic E-state index is 5.43. The average Bonchev–Trinajstić information content (AvgIpc) is 2.48. The Labute approximate surface area is 123 Å². The van der Waals surface area contributed by atoms with E-state index < -0.39 is 0 Å². The Morgan fingerprint density at radius 3 is 2.65 bits per heavy atom. The molecule has 3 heteroatoms. The number of ether oxygens (including phenoxy) is 1. The number of methoxy groups -OCH3 is 1. The number of likely N-dealkylation sites (tertiary alicyclic amines) is 1. The van der Waals surface area contributed by atoms with Gasteiger partial charge in [-0.25, -0.2) is 0 Å². The molecule has 1 saturated heterocycles. The highest BCUT2D eigenvalue weighted by atomic mass is 16.5. The summed E-state index contributed by atoms with van der Waals surface area (Å²) in [6, 6.07) is 9.48. The van der Waals surface area contributed by atoms with Crippen LogP contribution in [0, 0.1) is 0 Å². The van der Waals surface area contributed by atoms with Gasteiger partial charge in [-0.2, -0.15) is 0 Å². The van der Waals surface area contributed by atoms with Crippen LogP contribution in [0.15, 0.2) is 24.3 Å². The van der Waals surface area contributed by atoms with Crippen molar-refractivity contribution < 1.29 is 4.74 Å². The van der Waals surface area contributed by atoms with Gasteiger partial charge in [-0.15, -0.1) is 0 Å². The number of para-hydroxylation sites is 1. The van der Waals surface area contributed by atoms with Gasteiger partial charge in [-0.3, -0.25) is 0 Å². The molecule has 1 aliphatic rings. The van der Waals surface area contributed by atoms with E-state index in [1.54, 1.807) is 7.11 Å². The Balaban J connectivity index is 1.82. The minimum atomic E-state index is 0.490. The van der Waals surface area contributed by atoms with Crippen LogP contribution in [0.5, 0.6) is 5.75 Å². The molecule has 1 aromatic rings. The molecule has 1 heterocycles. The number of nitrogens with one attached hydrogen (secondary N) is 1. The van der Waals surface area contributed by atoms with Gasteiger partial charge in [0.05, 0.1) is 7.11 Å². The van der Waals surface area contributed by atoms with Gasteiger partial charge >= 0.3 is 0 Å². The maximum absolute atomic E-state index is 5.43. The van der Waals surface area contributed by atoms with Crippen LogP contribution >= 0.6 is 0 Å². The van der Waals surface area contributed by atoms with Gasteiger partial charge in [-0.1, -0.05) is 25.1 Å². The van der Waals surface area contributed by atoms with Crippen molar-refractivity contribution in [3.63, 3.8) is 0 Å². The second kappa shape index (κ2) is 7.65. The lowest BCUT2D eigenvalue weighted by molar-refractivity contribution is 0.200. The van der Waals surface area contributed by atoms with Crippen molar-refractivity contribution in [3.05, 3.63) is 29.8 Å². The molecular formula is C17H28N2O. The van der Waals surface area contributed by atoms with Gasteiger partial charge in [-0.05, 0) is 57.5 Å². The topological polar surface area (TPSA) is 24.5 Å². The number of nitrogens with zero attached hydrogens (tertiary/aromatic N) is 1. The Morgan fingerprint density at radius 1 is 1.30 bits per heavy atom. The van der Waals surface area contributed by atoms with Gasteiger partial charge in [0.15, 0.2) is 0 Å². The maximum Gasteiger partial charge on any atom is 0.122 e. The second-order valence-corrected chi connectivity index (χ2v) is 5.79. The molecule has 1 aromatic carbocycles. The molecule has 1 atom stereocenters. The van der Waals surface area contributed by atoms with Crippen molar-refractivity contribution in [3.8, 4) is 5.75 Å². The number of rotatable bonds is 6. The number of benzene rings is 1. The first-order valence-electron chi connectivity index (χ1n) is 7.83. The van der Waals surface area contributed by atoms with E-state index in [4.69, 9.17) is 4.74 Å². The monoisotopic (exact) mass is 276 g/mol. The Bertz CT molecular complexity index is 400. The first-order chi connectivity index (χ1) is 9.72. The highest BCUT2D eigenvalue weighted by Crippen LogP contribution is 2.19. The summed E-state index contributed by atoms with van der Waals surface area (Å²) >= 11 is 0. The zero-order valence-electron chi connectivity index (χ0n) is 13.1. The molecule has 1 unspecified atom stereocenters. The van der Waals surface area contributed by atoms with Gasteiger partial charge in [0.25, 0.3) is 0 Å². The third-order valence-electron chi connectivity index (χ3n) is 4.27. The van der Waals surface area contributed by atoms with Gasteiger partial charge < -0.3 is 15.0 Å². The quantitative estimate of drug-likeness (QED) is 0.864. The first kappa shape index (κ1) is 15.3. The van der Waals surface area contributed by atoms with Crippen molar-refractivity contribution in [1.82, 2.24) is 10.2 Å². The predicted molar refractivity (Wildman–Crippen MR) is 84.4 cm³/mol. The molecule has 20 heavy (non-hydrogen) atoms. The zero-order chi connectivity index (χ0) is 14.4. The molecule has 112 valence electrons. The van der Waals surface area contributed by atoms with Crippen molar-refractivity contribution in [2.45, 2.75) is 45.2 Å². The predicted octanol–water partition coefficient (Wildman–Crippen LogP) is 2.70. The van der Waals surface area contributed by atoms with Gasteiger partial charge in [0, 0.05) is 12.1 Å². The molecule has 3 nitrogen and oxygen atoms in total. The summed E-state index contributed by atoms with van der Waals surface area (Å²) in [7, 11) is 1.75. The van der Waals surface area contributed by atoms with Crippen molar-refractivity contribution in [2.75, 3.05) is 26.7 Å². The van der Waals surface area contributed by atoms with Crippen LogP contribution in [0.2, 0.25) is 0 Å². The largest absolute Gasteiger partial charge is 0.496 e. The molecule has 1 aliphatic heterocycles. The van der Waals surface area contributed by atoms with Gasteiger partial charge in [0.1, 0.15) is 5.75 Å². The summed E-state index contributed by atoms with van der Waals surface area (Å²) in [6.07, 6.45) is 3.56. The van der Waals surface area contributed by atoms with E-state index in [0.717, 1.165) is 12.2 Å². The van der Waals surface area contributed by atoms with Crippen LogP contribution in [-0.2, 0) is 6.42 Å². The Morgan fingerprint density at radius 2 is 2.00 bits per heavy atom. The summed E-state index contributed by atoms with van der Waals surface area (Å²) in [4.78, 5) is 2.53. The lowest BCUT2D eigenvalue weighted by atomic mass is 10.0. The molecule has 2 rings (SSSR count). The third-order valence-corrected chi connectivity index (χ3v) is 4.27. The first-order valence-corrected chi connectivity index (χ1v) is 7.83. The van der Waals surface area contributed by atoms with Crippen LogP contribution in [0.1, 0.15) is 32.3 Å². The van der Waals surface area contributed by atoms with E-state index in [9.17, 15) is 0 Å². The molecular weight excluding hydrogens is 248 g/mol. The summed E-state index contributed by atoms with van der Waals surface area (Å²) in [5.74, 6) is 1.00. The van der Waals surface area contributed by atoms with E-state index in [1.807, 2.05) is 12.1 Å². The fourth-order valence-electron chi connectivity index (χ4n) is 3.08. The fraction of sp³-hybridized carbons (Fsp3) is 0.647. The van der Waals surface area contributed by atoms with E-state index in [0.29, 0.717) is 12.1 Å². The molecule has 0 radical (unpaired) electrons. The smallest absolute Gasteiger partial charge is 0.122 e. The van der Waals surface area contributed by atoms with Crippen LogP contribution in [-0.4, -0.2) is 43.7 Å². The normalized spacial score (nSPS) is 18.9. The highest BCUT2D eigenvalue weighted by Gasteiger charge is 2.19. The van der Waals surface area contributed by atoms with E-state index in [2.05, 4.69) is 36.2 Å². The summed E-state index contributed by atoms with van der Waals surface area (Å²) in [5.41, 5.74) is 1.29. The second-order valence-electron chi connectivity index (χ2n) is 5.79. The van der Waals surface area contributed by atoms with E-state index in [1.165, 1.54) is 38.0 Å². The Hall–Kier alpha value is -1.06. The molecule has 0 aliphatic carbocycles. The molecule has 0 spiro atoms. The molecule has 0 saturated carbocycles. The lowest BCUT2D eigenvalue weighted by Gasteiger charge is -2.33. The fourth-order valence-corrected chi connectivity index (χ4v) is 3.08. The Kier molecular flexibility index (Phi) is 5.86.